The number of aromatic nitrogens is 1. The number of carbonyl (C=O) groups is 1. The lowest BCUT2D eigenvalue weighted by Gasteiger charge is -2.21. The average molecular weight is 469 g/mol. The quantitative estimate of drug-likeness (QED) is 0.355. The van der Waals surface area contributed by atoms with E-state index in [0.29, 0.717) is 30.3 Å². The average Bonchev–Trinajstić information content (AvgIpc) is 3.50. The van der Waals surface area contributed by atoms with Crippen LogP contribution in [0.15, 0.2) is 88.1 Å². The van der Waals surface area contributed by atoms with Crippen LogP contribution >= 0.6 is 0 Å². The zero-order chi connectivity index (χ0) is 24.0. The number of nitrogens with zero attached hydrogens (tertiary/aromatic N) is 2. The fourth-order valence-corrected chi connectivity index (χ4v) is 3.42. The van der Waals surface area contributed by atoms with E-state index in [-0.39, 0.29) is 18.8 Å². The first kappa shape index (κ1) is 23.3. The molecule has 34 heavy (non-hydrogen) atoms. The predicted octanol–water partition coefficient (Wildman–Crippen LogP) is 5.42. The molecule has 0 atom stereocenters. The largest absolute Gasteiger partial charge is 0.467 e. The first-order valence-corrected chi connectivity index (χ1v) is 10.5. The molecule has 0 spiro atoms. The fourth-order valence-electron chi connectivity index (χ4n) is 3.42. The Morgan fingerprint density at radius 1 is 0.882 bits per heavy atom. The van der Waals surface area contributed by atoms with E-state index in [4.69, 9.17) is 8.83 Å². The Morgan fingerprint density at radius 3 is 2.24 bits per heavy atom. The third kappa shape index (κ3) is 6.35. The van der Waals surface area contributed by atoms with Crippen LogP contribution in [-0.4, -0.2) is 15.8 Å². The topological polar surface area (TPSA) is 71.5 Å². The minimum Gasteiger partial charge on any atom is -0.467 e. The summed E-state index contributed by atoms with van der Waals surface area (Å²) in [6, 6.07) is 18.2. The van der Waals surface area contributed by atoms with Crippen molar-refractivity contribution >= 4 is 5.91 Å². The normalized spacial score (nSPS) is 11.6. The zero-order valence-corrected chi connectivity index (χ0v) is 18.1. The van der Waals surface area contributed by atoms with Gasteiger partial charge in [0, 0.05) is 13.1 Å². The summed E-state index contributed by atoms with van der Waals surface area (Å²) in [5, 5.41) is 2.70. The summed E-state index contributed by atoms with van der Waals surface area (Å²) >= 11 is 0. The second-order valence-electron chi connectivity index (χ2n) is 7.71. The van der Waals surface area contributed by atoms with Gasteiger partial charge in [-0.1, -0.05) is 42.5 Å². The second kappa shape index (κ2) is 10.4. The van der Waals surface area contributed by atoms with Gasteiger partial charge < -0.3 is 14.2 Å². The van der Waals surface area contributed by atoms with E-state index in [0.717, 1.165) is 17.7 Å². The van der Waals surface area contributed by atoms with Crippen LogP contribution in [0.3, 0.4) is 0 Å². The monoisotopic (exact) mass is 469 g/mol. The van der Waals surface area contributed by atoms with Crippen LogP contribution in [0.5, 0.6) is 0 Å². The van der Waals surface area contributed by atoms with Gasteiger partial charge >= 0.3 is 6.18 Å². The van der Waals surface area contributed by atoms with Crippen LogP contribution in [0.1, 0.15) is 38.8 Å². The standard InChI is InChI=1S/C25H22F3N3O3/c26-25(27,28)20-10-8-19(9-11-20)15-31(14-18-5-2-1-3-6-18)16-23-30-22(17-34-23)24(32)29-13-21-7-4-12-33-21/h1-12,17H,13-16H2,(H,29,32). The molecule has 0 unspecified atom stereocenters. The Kier molecular flexibility index (Phi) is 7.12. The van der Waals surface area contributed by atoms with Crippen LogP contribution in [0, 0.1) is 0 Å². The van der Waals surface area contributed by atoms with Crippen LogP contribution < -0.4 is 5.32 Å². The molecule has 1 N–H and O–H groups in total. The fraction of sp³-hybridized carbons (Fsp3) is 0.200. The van der Waals surface area contributed by atoms with Gasteiger partial charge in [0.25, 0.3) is 5.91 Å². The predicted molar refractivity (Wildman–Crippen MR) is 117 cm³/mol. The number of nitrogens with one attached hydrogen (secondary N) is 1. The summed E-state index contributed by atoms with van der Waals surface area (Å²) in [7, 11) is 0. The molecule has 0 aliphatic rings. The van der Waals surface area contributed by atoms with Crippen molar-refractivity contribution in [3.8, 4) is 0 Å². The molecule has 0 fully saturated rings. The molecule has 4 rings (SSSR count). The van der Waals surface area contributed by atoms with Gasteiger partial charge in [0.15, 0.2) is 5.69 Å². The number of oxazole rings is 1. The number of hydrogen-bond donors (Lipinski definition) is 1. The van der Waals surface area contributed by atoms with E-state index in [1.165, 1.54) is 24.7 Å². The van der Waals surface area contributed by atoms with Gasteiger partial charge in [0.2, 0.25) is 5.89 Å². The summed E-state index contributed by atoms with van der Waals surface area (Å²) in [5.41, 5.74) is 1.18. The van der Waals surface area contributed by atoms with Crippen molar-refractivity contribution in [1.29, 1.82) is 0 Å². The Hall–Kier alpha value is -3.85. The third-order valence-electron chi connectivity index (χ3n) is 5.08. The molecule has 0 saturated heterocycles. The Morgan fingerprint density at radius 2 is 1.59 bits per heavy atom. The van der Waals surface area contributed by atoms with Crippen LogP contribution in [0.25, 0.3) is 0 Å². The lowest BCUT2D eigenvalue weighted by atomic mass is 10.1. The molecule has 2 heterocycles. The molecule has 6 nitrogen and oxygen atoms in total. The highest BCUT2D eigenvalue weighted by molar-refractivity contribution is 5.91. The van der Waals surface area contributed by atoms with Gasteiger partial charge in [-0.2, -0.15) is 13.2 Å². The summed E-state index contributed by atoms with van der Waals surface area (Å²) in [6.07, 6.45) is -1.58. The smallest absolute Gasteiger partial charge is 0.416 e. The van der Waals surface area contributed by atoms with Crippen LogP contribution in [0.4, 0.5) is 13.2 Å². The van der Waals surface area contributed by atoms with E-state index < -0.39 is 17.6 Å². The van der Waals surface area contributed by atoms with Gasteiger partial charge in [-0.15, -0.1) is 0 Å². The molecular weight excluding hydrogens is 447 g/mol. The Balaban J connectivity index is 1.44. The number of halogens is 3. The van der Waals surface area contributed by atoms with Gasteiger partial charge in [-0.3, -0.25) is 9.69 Å². The summed E-state index contributed by atoms with van der Waals surface area (Å²) in [6.45, 7) is 1.38. The molecule has 4 aromatic rings. The van der Waals surface area contributed by atoms with Crippen molar-refractivity contribution in [3.05, 3.63) is 113 Å². The highest BCUT2D eigenvalue weighted by Crippen LogP contribution is 2.29. The molecule has 2 aromatic heterocycles. The number of carbonyl (C=O) groups excluding carboxylic acids is 1. The lowest BCUT2D eigenvalue weighted by Crippen LogP contribution is -2.24. The van der Waals surface area contributed by atoms with Gasteiger partial charge in [-0.25, -0.2) is 4.98 Å². The van der Waals surface area contributed by atoms with Crippen molar-refractivity contribution < 1.29 is 26.8 Å². The maximum Gasteiger partial charge on any atom is 0.416 e. The molecule has 9 heteroatoms. The number of benzene rings is 2. The molecule has 0 bridgehead atoms. The van der Waals surface area contributed by atoms with Crippen molar-refractivity contribution in [2.45, 2.75) is 32.4 Å². The summed E-state index contributed by atoms with van der Waals surface area (Å²) < 4.78 is 49.4. The highest BCUT2D eigenvalue weighted by atomic mass is 19.4. The van der Waals surface area contributed by atoms with Crippen molar-refractivity contribution in [1.82, 2.24) is 15.2 Å². The second-order valence-corrected chi connectivity index (χ2v) is 7.71. The van der Waals surface area contributed by atoms with Gasteiger partial charge in [-0.05, 0) is 35.4 Å². The maximum absolute atomic E-state index is 12.9. The molecule has 2 aromatic carbocycles. The maximum atomic E-state index is 12.9. The number of hydrogen-bond acceptors (Lipinski definition) is 5. The molecule has 176 valence electrons. The molecule has 1 amide bonds. The number of furan rings is 1. The third-order valence-corrected chi connectivity index (χ3v) is 5.08. The molecule has 0 aliphatic carbocycles. The van der Waals surface area contributed by atoms with E-state index in [2.05, 4.69) is 10.3 Å². The Bertz CT molecular complexity index is 1190. The molecular formula is C25H22F3N3O3. The van der Waals surface area contributed by atoms with E-state index in [1.807, 2.05) is 35.2 Å². The number of rotatable bonds is 9. The highest BCUT2D eigenvalue weighted by Gasteiger charge is 2.30. The van der Waals surface area contributed by atoms with Gasteiger partial charge in [0.05, 0.1) is 24.9 Å². The first-order chi connectivity index (χ1) is 16.4. The number of alkyl halides is 3. The van der Waals surface area contributed by atoms with E-state index in [1.54, 1.807) is 12.1 Å². The SMILES string of the molecule is O=C(NCc1ccco1)c1coc(CN(Cc2ccccc2)Cc2ccc(C(F)(F)F)cc2)n1. The minimum atomic E-state index is -4.38. The number of amides is 1. The zero-order valence-electron chi connectivity index (χ0n) is 18.1. The van der Waals surface area contributed by atoms with Crippen molar-refractivity contribution in [3.63, 3.8) is 0 Å². The summed E-state index contributed by atoms with van der Waals surface area (Å²) in [4.78, 5) is 18.6. The molecule has 0 saturated carbocycles. The Labute approximate surface area is 194 Å². The van der Waals surface area contributed by atoms with E-state index in [9.17, 15) is 18.0 Å². The van der Waals surface area contributed by atoms with Gasteiger partial charge in [0.1, 0.15) is 12.0 Å². The van der Waals surface area contributed by atoms with Crippen molar-refractivity contribution in [2.75, 3.05) is 0 Å². The molecule has 0 aliphatic heterocycles. The lowest BCUT2D eigenvalue weighted by molar-refractivity contribution is -0.137. The molecule has 0 radical (unpaired) electrons. The minimum absolute atomic E-state index is 0.135. The summed E-state index contributed by atoms with van der Waals surface area (Å²) in [5.74, 6) is 0.539. The van der Waals surface area contributed by atoms with Crippen LogP contribution in [0.2, 0.25) is 0 Å². The first-order valence-electron chi connectivity index (χ1n) is 10.5. The van der Waals surface area contributed by atoms with Crippen LogP contribution in [-0.2, 0) is 32.4 Å². The van der Waals surface area contributed by atoms with E-state index >= 15 is 0 Å². The van der Waals surface area contributed by atoms with Crippen molar-refractivity contribution in [2.24, 2.45) is 0 Å².